The zero-order valence-corrected chi connectivity index (χ0v) is 14.0. The lowest BCUT2D eigenvalue weighted by atomic mass is 9.88. The molecule has 5 nitrogen and oxygen atoms in total. The Morgan fingerprint density at radius 2 is 2.17 bits per heavy atom. The summed E-state index contributed by atoms with van der Waals surface area (Å²) in [5.41, 5.74) is 2.44. The van der Waals surface area contributed by atoms with Crippen LogP contribution in [-0.2, 0) is 0 Å². The molecule has 1 aromatic heterocycles. The van der Waals surface area contributed by atoms with E-state index in [1.165, 1.54) is 25.6 Å². The van der Waals surface area contributed by atoms with Gasteiger partial charge in [-0.3, -0.25) is 0 Å². The molecule has 0 aromatic carbocycles. The summed E-state index contributed by atoms with van der Waals surface area (Å²) >= 11 is 6.51. The number of nitrogens with zero attached hydrogens (tertiary/aromatic N) is 3. The van der Waals surface area contributed by atoms with E-state index < -0.39 is 0 Å². The summed E-state index contributed by atoms with van der Waals surface area (Å²) in [6.07, 6.45) is 20.6. The fourth-order valence-corrected chi connectivity index (χ4v) is 3.86. The van der Waals surface area contributed by atoms with Crippen molar-refractivity contribution in [3.05, 3.63) is 53.0 Å². The number of fused-ring (bicyclic) bond motifs is 2. The van der Waals surface area contributed by atoms with Crippen molar-refractivity contribution >= 4 is 17.4 Å². The summed E-state index contributed by atoms with van der Waals surface area (Å²) in [5.74, 6) is 3.20. The second kappa shape index (κ2) is 5.88. The van der Waals surface area contributed by atoms with Crippen LogP contribution in [0, 0.1) is 12.3 Å². The van der Waals surface area contributed by atoms with Gasteiger partial charge in [0.1, 0.15) is 17.8 Å². The smallest absolute Gasteiger partial charge is 0.149 e. The first-order valence-electron chi connectivity index (χ1n) is 8.12. The van der Waals surface area contributed by atoms with Gasteiger partial charge in [0.05, 0.1) is 22.0 Å². The van der Waals surface area contributed by atoms with Crippen LogP contribution in [-0.4, -0.2) is 20.5 Å². The average Bonchev–Trinajstić information content (AvgIpc) is 2.95. The van der Waals surface area contributed by atoms with E-state index in [1.807, 2.05) is 12.3 Å². The van der Waals surface area contributed by atoms with Crippen molar-refractivity contribution < 1.29 is 0 Å². The molecule has 4 rings (SSSR count). The predicted molar refractivity (Wildman–Crippen MR) is 94.5 cm³/mol. The summed E-state index contributed by atoms with van der Waals surface area (Å²) in [4.78, 5) is 10.5. The quantitative estimate of drug-likeness (QED) is 0.810. The van der Waals surface area contributed by atoms with Crippen molar-refractivity contribution in [2.45, 2.75) is 37.8 Å². The maximum atomic E-state index is 6.51. The fourth-order valence-electron chi connectivity index (χ4n) is 3.60. The van der Waals surface area contributed by atoms with Gasteiger partial charge in [-0.15, -0.1) is 6.42 Å². The van der Waals surface area contributed by atoms with Gasteiger partial charge in [-0.2, -0.15) is 0 Å². The molecule has 1 aromatic rings. The van der Waals surface area contributed by atoms with E-state index in [4.69, 9.17) is 18.0 Å². The molecule has 1 fully saturated rings. The Bertz CT molecular complexity index is 796. The summed E-state index contributed by atoms with van der Waals surface area (Å²) < 4.78 is 0. The van der Waals surface area contributed by atoms with Gasteiger partial charge < -0.3 is 15.5 Å². The van der Waals surface area contributed by atoms with E-state index in [0.717, 1.165) is 24.2 Å². The van der Waals surface area contributed by atoms with Crippen molar-refractivity contribution in [3.8, 4) is 12.3 Å². The zero-order valence-electron chi connectivity index (χ0n) is 13.2. The molecule has 1 aliphatic carbocycles. The number of aromatic nitrogens is 2. The molecule has 2 aliphatic heterocycles. The Balaban J connectivity index is 1.66. The minimum Gasteiger partial charge on any atom is -0.367 e. The highest BCUT2D eigenvalue weighted by Crippen LogP contribution is 2.42. The number of allylic oxidation sites excluding steroid dienone is 2. The summed E-state index contributed by atoms with van der Waals surface area (Å²) in [5, 5.41) is 7.54. The molecule has 3 aliphatic rings. The van der Waals surface area contributed by atoms with Gasteiger partial charge in [0.25, 0.3) is 0 Å². The number of hydrogen-bond donors (Lipinski definition) is 2. The number of terminal acetylenes is 1. The summed E-state index contributed by atoms with van der Waals surface area (Å²) in [6.45, 7) is 0. The molecule has 0 saturated heterocycles. The van der Waals surface area contributed by atoms with Crippen molar-refractivity contribution in [2.24, 2.45) is 0 Å². The first kappa shape index (κ1) is 15.1. The largest absolute Gasteiger partial charge is 0.367 e. The van der Waals surface area contributed by atoms with Gasteiger partial charge in [-0.25, -0.2) is 9.97 Å². The lowest BCUT2D eigenvalue weighted by Gasteiger charge is -2.43. The van der Waals surface area contributed by atoms with Crippen molar-refractivity contribution in [2.75, 3.05) is 5.32 Å². The SMILES string of the molecule is C#Cc1cncnc1NC1=CN2C(=CNC23CCCCC3)C(Cl)=C1. The van der Waals surface area contributed by atoms with E-state index in [1.54, 1.807) is 6.20 Å². The zero-order chi connectivity index (χ0) is 16.6. The minimum atomic E-state index is -0.0600. The fraction of sp³-hybridized carbons (Fsp3) is 0.333. The third kappa shape index (κ3) is 2.44. The van der Waals surface area contributed by atoms with Gasteiger partial charge >= 0.3 is 0 Å². The maximum absolute atomic E-state index is 6.51. The normalized spacial score (nSPS) is 21.2. The van der Waals surface area contributed by atoms with E-state index in [-0.39, 0.29) is 5.66 Å². The van der Waals surface area contributed by atoms with Gasteiger partial charge in [0.15, 0.2) is 0 Å². The van der Waals surface area contributed by atoms with Crippen LogP contribution < -0.4 is 10.6 Å². The lowest BCUT2D eigenvalue weighted by Crippen LogP contribution is -2.51. The van der Waals surface area contributed by atoms with Crippen LogP contribution in [0.25, 0.3) is 0 Å². The number of rotatable bonds is 2. The van der Waals surface area contributed by atoms with Crippen LogP contribution in [0.4, 0.5) is 5.82 Å². The minimum absolute atomic E-state index is 0.0600. The first-order chi connectivity index (χ1) is 11.7. The molecule has 1 spiro atoms. The van der Waals surface area contributed by atoms with Crippen LogP contribution in [0.15, 0.2) is 47.4 Å². The van der Waals surface area contributed by atoms with Crippen molar-refractivity contribution in [3.63, 3.8) is 0 Å². The third-order valence-corrected chi connectivity index (χ3v) is 5.11. The van der Waals surface area contributed by atoms with E-state index in [0.29, 0.717) is 16.4 Å². The summed E-state index contributed by atoms with van der Waals surface area (Å²) in [7, 11) is 0. The molecular weight excluding hydrogens is 322 g/mol. The number of halogens is 1. The Labute approximate surface area is 146 Å². The lowest BCUT2D eigenvalue weighted by molar-refractivity contribution is 0.126. The third-order valence-electron chi connectivity index (χ3n) is 4.80. The first-order valence-corrected chi connectivity index (χ1v) is 8.50. The molecule has 6 heteroatoms. The molecule has 0 unspecified atom stereocenters. The maximum Gasteiger partial charge on any atom is 0.149 e. The molecule has 0 amide bonds. The van der Waals surface area contributed by atoms with Gasteiger partial charge in [-0.1, -0.05) is 23.9 Å². The van der Waals surface area contributed by atoms with Crippen LogP contribution in [0.5, 0.6) is 0 Å². The molecular formula is C18H18ClN5. The molecule has 2 N–H and O–H groups in total. The van der Waals surface area contributed by atoms with E-state index in [2.05, 4.69) is 37.6 Å². The monoisotopic (exact) mass is 339 g/mol. The highest BCUT2D eigenvalue weighted by Gasteiger charge is 2.43. The molecule has 0 atom stereocenters. The van der Waals surface area contributed by atoms with Crippen LogP contribution in [0.3, 0.4) is 0 Å². The van der Waals surface area contributed by atoms with Crippen LogP contribution >= 0.6 is 11.6 Å². The Kier molecular flexibility index (Phi) is 3.70. The predicted octanol–water partition coefficient (Wildman–Crippen LogP) is 3.25. The highest BCUT2D eigenvalue weighted by molar-refractivity contribution is 6.32. The second-order valence-electron chi connectivity index (χ2n) is 6.27. The van der Waals surface area contributed by atoms with E-state index in [9.17, 15) is 0 Å². The Morgan fingerprint density at radius 3 is 2.96 bits per heavy atom. The Morgan fingerprint density at radius 1 is 1.33 bits per heavy atom. The van der Waals surface area contributed by atoms with Crippen LogP contribution in [0.1, 0.15) is 37.7 Å². The van der Waals surface area contributed by atoms with E-state index >= 15 is 0 Å². The average molecular weight is 340 g/mol. The van der Waals surface area contributed by atoms with Crippen molar-refractivity contribution in [1.82, 2.24) is 20.2 Å². The van der Waals surface area contributed by atoms with Gasteiger partial charge in [0.2, 0.25) is 0 Å². The number of anilines is 1. The highest BCUT2D eigenvalue weighted by atomic mass is 35.5. The molecule has 1 saturated carbocycles. The second-order valence-corrected chi connectivity index (χ2v) is 6.67. The van der Waals surface area contributed by atoms with Crippen molar-refractivity contribution in [1.29, 1.82) is 0 Å². The van der Waals surface area contributed by atoms with Crippen LogP contribution in [0.2, 0.25) is 0 Å². The Hall–Kier alpha value is -2.45. The standard InChI is InChI=1S/C18H18ClN5/c1-2-13-9-20-12-21-17(13)23-14-8-15(19)16-10-22-18(24(16)11-14)6-4-3-5-7-18/h1,8-12,22H,3-7H2,(H,20,21,23). The molecule has 122 valence electrons. The summed E-state index contributed by atoms with van der Waals surface area (Å²) in [6, 6.07) is 0. The van der Waals surface area contributed by atoms with Gasteiger partial charge in [-0.05, 0) is 31.8 Å². The molecule has 3 heterocycles. The molecule has 0 bridgehead atoms. The molecule has 0 radical (unpaired) electrons. The number of hydrogen-bond acceptors (Lipinski definition) is 5. The number of nitrogens with one attached hydrogen (secondary N) is 2. The van der Waals surface area contributed by atoms with Gasteiger partial charge in [0, 0.05) is 18.6 Å². The topological polar surface area (TPSA) is 53.1 Å². The molecule has 24 heavy (non-hydrogen) atoms.